The first-order valence-electron chi connectivity index (χ1n) is 2.23. The van der Waals surface area contributed by atoms with Crippen molar-refractivity contribution >= 4 is 0 Å². The van der Waals surface area contributed by atoms with Crippen molar-refractivity contribution in [2.24, 2.45) is 5.73 Å². The average Bonchev–Trinajstić information content (AvgIpc) is 1.65. The molecule has 0 aromatic carbocycles. The molecule has 1 unspecified atom stereocenters. The Kier molecular flexibility index (Phi) is 3.18. The Morgan fingerprint density at radius 3 is 2.62 bits per heavy atom. The lowest BCUT2D eigenvalue weighted by Gasteiger charge is -2.14. The second kappa shape index (κ2) is 3.43. The van der Waals surface area contributed by atoms with Gasteiger partial charge in [0.2, 0.25) is 0 Å². The summed E-state index contributed by atoms with van der Waals surface area (Å²) in [6.45, 7) is 3.54. The Morgan fingerprint density at radius 1 is 2.00 bits per heavy atom. The van der Waals surface area contributed by atoms with Crippen molar-refractivity contribution < 1.29 is 10.1 Å². The van der Waals surface area contributed by atoms with Crippen LogP contribution >= 0.6 is 0 Å². The minimum atomic E-state index is -0.375. The molecule has 0 saturated carbocycles. The molecule has 0 aliphatic rings. The molecule has 0 spiro atoms. The van der Waals surface area contributed by atoms with E-state index in [9.17, 15) is 5.21 Å². The van der Waals surface area contributed by atoms with Crippen LogP contribution in [0.2, 0.25) is 0 Å². The van der Waals surface area contributed by atoms with E-state index in [1.165, 1.54) is 7.05 Å². The Bertz CT molecular complexity index is 82.1. The maximum absolute atomic E-state index is 10.1. The van der Waals surface area contributed by atoms with Crippen molar-refractivity contribution in [3.63, 3.8) is 0 Å². The zero-order valence-corrected chi connectivity index (χ0v) is 4.81. The molecular weight excluding hydrogens is 108 g/mol. The van der Waals surface area contributed by atoms with Crippen LogP contribution in [0.1, 0.15) is 0 Å². The Labute approximate surface area is 48.1 Å². The highest BCUT2D eigenvalue weighted by Gasteiger charge is 1.90. The standard InChI is InChI=1S/C4H10N2O2/c1-4(3-5)8-6(2)7/h6H,1,3,5H2,2H3. The Balaban J connectivity index is 3.25. The quantitative estimate of drug-likeness (QED) is 0.346. The molecule has 0 bridgehead atoms. The lowest BCUT2D eigenvalue weighted by Crippen LogP contribution is -3.02. The van der Waals surface area contributed by atoms with Gasteiger partial charge < -0.3 is 15.8 Å². The van der Waals surface area contributed by atoms with Gasteiger partial charge in [-0.3, -0.25) is 0 Å². The highest BCUT2D eigenvalue weighted by molar-refractivity contribution is 4.80. The highest BCUT2D eigenvalue weighted by atomic mass is 16.9. The molecule has 48 valence electrons. The van der Waals surface area contributed by atoms with Crippen LogP contribution in [-0.2, 0) is 4.84 Å². The first kappa shape index (κ1) is 7.42. The number of nitrogens with one attached hydrogen (secondary N) is 1. The van der Waals surface area contributed by atoms with Gasteiger partial charge in [0.15, 0.2) is 5.76 Å². The van der Waals surface area contributed by atoms with E-state index in [-0.39, 0.29) is 11.8 Å². The van der Waals surface area contributed by atoms with Crippen molar-refractivity contribution in [2.75, 3.05) is 13.6 Å². The van der Waals surface area contributed by atoms with Gasteiger partial charge in [0.25, 0.3) is 0 Å². The van der Waals surface area contributed by atoms with Crippen LogP contribution < -0.4 is 11.0 Å². The summed E-state index contributed by atoms with van der Waals surface area (Å²) in [4.78, 5) is 4.44. The minimum Gasteiger partial charge on any atom is -0.591 e. The summed E-state index contributed by atoms with van der Waals surface area (Å²) in [6.07, 6.45) is 0. The predicted molar refractivity (Wildman–Crippen MR) is 29.5 cm³/mol. The van der Waals surface area contributed by atoms with Crippen LogP contribution in [-0.4, -0.2) is 13.6 Å². The molecule has 8 heavy (non-hydrogen) atoms. The van der Waals surface area contributed by atoms with Gasteiger partial charge in [-0.15, -0.1) is 0 Å². The molecule has 0 heterocycles. The molecule has 0 aromatic rings. The fourth-order valence-electron chi connectivity index (χ4n) is 0.245. The first-order valence-corrected chi connectivity index (χ1v) is 2.23. The molecule has 0 rings (SSSR count). The third-order valence-corrected chi connectivity index (χ3v) is 0.516. The smallest absolute Gasteiger partial charge is 0.173 e. The summed E-state index contributed by atoms with van der Waals surface area (Å²) in [5.41, 5.74) is 5.04. The molecule has 0 amide bonds. The van der Waals surface area contributed by atoms with Crippen molar-refractivity contribution in [3.05, 3.63) is 17.5 Å². The van der Waals surface area contributed by atoms with Gasteiger partial charge >= 0.3 is 0 Å². The van der Waals surface area contributed by atoms with E-state index < -0.39 is 0 Å². The fourth-order valence-corrected chi connectivity index (χ4v) is 0.245. The second-order valence-electron chi connectivity index (χ2n) is 1.34. The molecule has 0 aliphatic heterocycles. The van der Waals surface area contributed by atoms with Crippen LogP contribution in [0.15, 0.2) is 12.3 Å². The Morgan fingerprint density at radius 2 is 2.50 bits per heavy atom. The van der Waals surface area contributed by atoms with E-state index in [1.807, 2.05) is 0 Å². The topological polar surface area (TPSA) is 62.8 Å². The van der Waals surface area contributed by atoms with Crippen molar-refractivity contribution in [2.45, 2.75) is 0 Å². The number of nitrogens with two attached hydrogens (primary N) is 1. The first-order chi connectivity index (χ1) is 3.66. The van der Waals surface area contributed by atoms with E-state index in [4.69, 9.17) is 5.73 Å². The van der Waals surface area contributed by atoms with Gasteiger partial charge in [0, 0.05) is 0 Å². The third kappa shape index (κ3) is 3.60. The van der Waals surface area contributed by atoms with Crippen LogP contribution in [0.25, 0.3) is 0 Å². The van der Waals surface area contributed by atoms with Crippen LogP contribution in [0.4, 0.5) is 0 Å². The SMILES string of the molecule is C=C(CN)O[NH+](C)[O-]. The van der Waals surface area contributed by atoms with Gasteiger partial charge in [-0.1, -0.05) is 6.58 Å². The maximum atomic E-state index is 10.1. The summed E-state index contributed by atoms with van der Waals surface area (Å²) in [5, 5.41) is 9.70. The van der Waals surface area contributed by atoms with Crippen molar-refractivity contribution in [3.8, 4) is 0 Å². The molecule has 0 aliphatic carbocycles. The molecule has 4 nitrogen and oxygen atoms in total. The lowest BCUT2D eigenvalue weighted by atomic mass is 10.6. The fraction of sp³-hybridized carbons (Fsp3) is 0.500. The number of quaternary nitrogens is 1. The predicted octanol–water partition coefficient (Wildman–Crippen LogP) is -1.60. The van der Waals surface area contributed by atoms with E-state index in [0.29, 0.717) is 5.76 Å². The monoisotopic (exact) mass is 118 g/mol. The Hall–Kier alpha value is -0.580. The van der Waals surface area contributed by atoms with E-state index >= 15 is 0 Å². The summed E-state index contributed by atoms with van der Waals surface area (Å²) < 4.78 is 0. The third-order valence-electron chi connectivity index (χ3n) is 0.516. The number of hydroxylamine groups is 2. The lowest BCUT2D eigenvalue weighted by molar-refractivity contribution is -1.03. The molecule has 1 atom stereocenters. The van der Waals surface area contributed by atoms with E-state index in [1.54, 1.807) is 0 Å². The van der Waals surface area contributed by atoms with Crippen molar-refractivity contribution in [1.29, 1.82) is 0 Å². The van der Waals surface area contributed by atoms with Gasteiger partial charge in [0.1, 0.15) is 7.05 Å². The molecule has 3 N–H and O–H groups in total. The number of hydrogen-bond donors (Lipinski definition) is 2. The number of hydrogen-bond acceptors (Lipinski definition) is 3. The van der Waals surface area contributed by atoms with Gasteiger partial charge in [0.05, 0.1) is 6.54 Å². The minimum absolute atomic E-state index is 0.194. The molecule has 0 fully saturated rings. The van der Waals surface area contributed by atoms with Crippen LogP contribution in [0, 0.1) is 5.21 Å². The maximum Gasteiger partial charge on any atom is 0.173 e. The van der Waals surface area contributed by atoms with Gasteiger partial charge in [-0.05, 0) is 0 Å². The van der Waals surface area contributed by atoms with Gasteiger partial charge in [-0.2, -0.15) is 5.23 Å². The molecular formula is C4H10N2O2. The highest BCUT2D eigenvalue weighted by Crippen LogP contribution is 1.77. The molecule has 0 radical (unpaired) electrons. The summed E-state index contributed by atoms with van der Waals surface area (Å²) >= 11 is 0. The van der Waals surface area contributed by atoms with Crippen LogP contribution in [0.3, 0.4) is 0 Å². The zero-order valence-electron chi connectivity index (χ0n) is 4.81. The van der Waals surface area contributed by atoms with E-state index in [2.05, 4.69) is 11.4 Å². The number of rotatable bonds is 3. The van der Waals surface area contributed by atoms with E-state index in [0.717, 1.165) is 0 Å². The largest absolute Gasteiger partial charge is 0.591 e. The summed E-state index contributed by atoms with van der Waals surface area (Å²) in [5.74, 6) is 0.303. The molecule has 0 aromatic heterocycles. The van der Waals surface area contributed by atoms with Crippen LogP contribution in [0.5, 0.6) is 0 Å². The summed E-state index contributed by atoms with van der Waals surface area (Å²) in [6, 6.07) is 0. The van der Waals surface area contributed by atoms with Gasteiger partial charge in [-0.25, -0.2) is 0 Å². The van der Waals surface area contributed by atoms with Crippen molar-refractivity contribution in [1.82, 2.24) is 0 Å². The zero-order chi connectivity index (χ0) is 6.57. The molecule has 4 heteroatoms. The normalized spacial score (nSPS) is 12.9. The summed E-state index contributed by atoms with van der Waals surface area (Å²) in [7, 11) is 1.31. The average molecular weight is 118 g/mol. The second-order valence-corrected chi connectivity index (χ2v) is 1.34. The molecule has 0 saturated heterocycles.